The zero-order valence-corrected chi connectivity index (χ0v) is 12.1. The molecule has 4 N–H and O–H groups in total. The van der Waals surface area contributed by atoms with E-state index in [1.54, 1.807) is 6.92 Å². The molecule has 0 bridgehead atoms. The van der Waals surface area contributed by atoms with E-state index in [-0.39, 0.29) is 22.9 Å². The molecule has 1 fully saturated rings. The van der Waals surface area contributed by atoms with Gasteiger partial charge in [-0.25, -0.2) is 13.1 Å². The van der Waals surface area contributed by atoms with Crippen LogP contribution in [0.1, 0.15) is 13.3 Å². The lowest BCUT2D eigenvalue weighted by Crippen LogP contribution is -2.46. The number of nitrogens with two attached hydrogens (primary N) is 1. The average molecular weight is 316 g/mol. The van der Waals surface area contributed by atoms with E-state index in [0.29, 0.717) is 13.0 Å². The highest BCUT2D eigenvalue weighted by molar-refractivity contribution is 7.89. The molecule has 1 aromatic carbocycles. The molecule has 0 radical (unpaired) electrons. The first kappa shape index (κ1) is 15.6. The van der Waals surface area contributed by atoms with Gasteiger partial charge in [-0.3, -0.25) is 16.0 Å². The predicted molar refractivity (Wildman–Crippen MR) is 75.1 cm³/mol. The van der Waals surface area contributed by atoms with Crippen LogP contribution in [0, 0.1) is 10.1 Å². The van der Waals surface area contributed by atoms with Gasteiger partial charge in [-0.2, -0.15) is 0 Å². The molecule has 1 unspecified atom stereocenters. The minimum Gasteiger partial charge on any atom is -0.379 e. The quantitative estimate of drug-likeness (QED) is 0.404. The zero-order valence-electron chi connectivity index (χ0n) is 11.3. The molecular weight excluding hydrogens is 300 g/mol. The number of nitro groups is 1. The minimum absolute atomic E-state index is 0.0793. The first-order chi connectivity index (χ1) is 9.77. The standard InChI is InChI=1S/C11H16N4O5S/c1-11(4-5-20-7-11)14-21(18,19)10-6-8(15(16)17)2-3-9(10)13-12/h2-3,6,13-14H,4-5,7,12H2,1H3. The van der Waals surface area contributed by atoms with Crippen LogP contribution in [0.2, 0.25) is 0 Å². The molecule has 0 aliphatic carbocycles. The Morgan fingerprint density at radius 3 is 2.71 bits per heavy atom. The van der Waals surface area contributed by atoms with Crippen LogP contribution in [-0.4, -0.2) is 32.1 Å². The number of rotatable bonds is 5. The van der Waals surface area contributed by atoms with E-state index in [4.69, 9.17) is 10.6 Å². The summed E-state index contributed by atoms with van der Waals surface area (Å²) in [6.07, 6.45) is 0.520. The van der Waals surface area contributed by atoms with Gasteiger partial charge in [0.2, 0.25) is 10.0 Å². The monoisotopic (exact) mass is 316 g/mol. The topological polar surface area (TPSA) is 137 Å². The van der Waals surface area contributed by atoms with Gasteiger partial charge in [0.05, 0.1) is 22.8 Å². The molecule has 1 saturated heterocycles. The van der Waals surface area contributed by atoms with Gasteiger partial charge in [-0.05, 0) is 19.4 Å². The highest BCUT2D eigenvalue weighted by Gasteiger charge is 2.35. The molecule has 10 heteroatoms. The van der Waals surface area contributed by atoms with Gasteiger partial charge in [-0.15, -0.1) is 0 Å². The molecule has 21 heavy (non-hydrogen) atoms. The minimum atomic E-state index is -3.98. The second kappa shape index (κ2) is 5.56. The van der Waals surface area contributed by atoms with E-state index in [2.05, 4.69) is 10.1 Å². The van der Waals surface area contributed by atoms with E-state index in [9.17, 15) is 18.5 Å². The second-order valence-electron chi connectivity index (χ2n) is 5.05. The Balaban J connectivity index is 2.42. The highest BCUT2D eigenvalue weighted by atomic mass is 32.2. The summed E-state index contributed by atoms with van der Waals surface area (Å²) < 4.78 is 32.6. The molecule has 9 nitrogen and oxygen atoms in total. The van der Waals surface area contributed by atoms with Crippen molar-refractivity contribution in [2.75, 3.05) is 18.6 Å². The first-order valence-electron chi connectivity index (χ1n) is 6.14. The Bertz CT molecular complexity index is 655. The Morgan fingerprint density at radius 2 is 2.19 bits per heavy atom. The lowest BCUT2D eigenvalue weighted by molar-refractivity contribution is -0.385. The average Bonchev–Trinajstić information content (AvgIpc) is 2.83. The van der Waals surface area contributed by atoms with E-state index < -0.39 is 20.5 Å². The molecule has 0 saturated carbocycles. The van der Waals surface area contributed by atoms with Crippen molar-refractivity contribution in [2.45, 2.75) is 23.8 Å². The fourth-order valence-corrected chi connectivity index (χ4v) is 3.71. The van der Waals surface area contributed by atoms with Crippen LogP contribution < -0.4 is 16.0 Å². The van der Waals surface area contributed by atoms with Crippen LogP contribution in [-0.2, 0) is 14.8 Å². The summed E-state index contributed by atoms with van der Waals surface area (Å²) in [6.45, 7) is 2.41. The largest absolute Gasteiger partial charge is 0.379 e. The van der Waals surface area contributed by atoms with Crippen LogP contribution in [0.4, 0.5) is 11.4 Å². The van der Waals surface area contributed by atoms with Crippen molar-refractivity contribution in [1.29, 1.82) is 0 Å². The van der Waals surface area contributed by atoms with Crippen molar-refractivity contribution in [3.63, 3.8) is 0 Å². The SMILES string of the molecule is CC1(NS(=O)(=O)c2cc([N+](=O)[O-])ccc2NN)CCOC1. The van der Waals surface area contributed by atoms with Gasteiger partial charge in [0.25, 0.3) is 5.69 Å². The summed E-state index contributed by atoms with van der Waals surface area (Å²) in [5.74, 6) is 5.28. The highest BCUT2D eigenvalue weighted by Crippen LogP contribution is 2.28. The summed E-state index contributed by atoms with van der Waals surface area (Å²) in [6, 6.07) is 3.39. The summed E-state index contributed by atoms with van der Waals surface area (Å²) >= 11 is 0. The molecule has 2 rings (SSSR count). The Kier molecular flexibility index (Phi) is 4.14. The fourth-order valence-electron chi connectivity index (χ4n) is 2.09. The van der Waals surface area contributed by atoms with E-state index >= 15 is 0 Å². The van der Waals surface area contributed by atoms with Gasteiger partial charge in [-0.1, -0.05) is 0 Å². The molecule has 1 atom stereocenters. The summed E-state index contributed by atoms with van der Waals surface area (Å²) in [5.41, 5.74) is 1.24. The predicted octanol–water partition coefficient (Wildman–Crippen LogP) is 0.338. The van der Waals surface area contributed by atoms with Gasteiger partial charge in [0, 0.05) is 18.7 Å². The zero-order chi connectivity index (χ0) is 15.7. The number of benzene rings is 1. The normalized spacial score (nSPS) is 22.2. The van der Waals surface area contributed by atoms with Gasteiger partial charge >= 0.3 is 0 Å². The maximum atomic E-state index is 12.5. The molecule has 0 spiro atoms. The van der Waals surface area contributed by atoms with Crippen molar-refractivity contribution in [3.05, 3.63) is 28.3 Å². The number of non-ortho nitro benzene ring substituents is 1. The second-order valence-corrected chi connectivity index (χ2v) is 6.70. The van der Waals surface area contributed by atoms with Gasteiger partial charge < -0.3 is 10.2 Å². The molecule has 1 aliphatic rings. The number of nitrogen functional groups attached to an aromatic ring is 1. The number of nitrogens with one attached hydrogen (secondary N) is 2. The maximum absolute atomic E-state index is 12.5. The molecule has 1 aliphatic heterocycles. The number of nitrogens with zero attached hydrogens (tertiary/aromatic N) is 1. The van der Waals surface area contributed by atoms with Gasteiger partial charge in [0.1, 0.15) is 4.90 Å². The first-order valence-corrected chi connectivity index (χ1v) is 7.62. The Labute approximate surface area is 121 Å². The lowest BCUT2D eigenvalue weighted by Gasteiger charge is -2.23. The molecule has 1 heterocycles. The number of hydrogen-bond donors (Lipinski definition) is 3. The van der Waals surface area contributed by atoms with Crippen LogP contribution in [0.5, 0.6) is 0 Å². The third-order valence-corrected chi connectivity index (χ3v) is 4.90. The van der Waals surface area contributed by atoms with E-state index in [1.165, 1.54) is 12.1 Å². The number of anilines is 1. The number of ether oxygens (including phenoxy) is 1. The molecule has 116 valence electrons. The maximum Gasteiger partial charge on any atom is 0.270 e. The smallest absolute Gasteiger partial charge is 0.270 e. The third-order valence-electron chi connectivity index (χ3n) is 3.22. The molecule has 0 aromatic heterocycles. The van der Waals surface area contributed by atoms with Crippen molar-refractivity contribution in [1.82, 2.24) is 4.72 Å². The van der Waals surface area contributed by atoms with Crippen LogP contribution in [0.3, 0.4) is 0 Å². The summed E-state index contributed by atoms with van der Waals surface area (Å²) in [7, 11) is -3.98. The molecule has 1 aromatic rings. The summed E-state index contributed by atoms with van der Waals surface area (Å²) in [4.78, 5) is 9.87. The Hall–Kier alpha value is -1.75. The van der Waals surface area contributed by atoms with Crippen LogP contribution >= 0.6 is 0 Å². The van der Waals surface area contributed by atoms with E-state index in [1.807, 2.05) is 0 Å². The van der Waals surface area contributed by atoms with Crippen molar-refractivity contribution < 1.29 is 18.1 Å². The number of nitro benzene ring substituents is 1. The Morgan fingerprint density at radius 1 is 1.48 bits per heavy atom. The van der Waals surface area contributed by atoms with Crippen molar-refractivity contribution >= 4 is 21.4 Å². The van der Waals surface area contributed by atoms with Crippen LogP contribution in [0.25, 0.3) is 0 Å². The van der Waals surface area contributed by atoms with Crippen LogP contribution in [0.15, 0.2) is 23.1 Å². The molecular formula is C11H16N4O5S. The number of hydrogen-bond acceptors (Lipinski definition) is 7. The number of hydrazine groups is 1. The van der Waals surface area contributed by atoms with E-state index in [0.717, 1.165) is 6.07 Å². The number of sulfonamides is 1. The van der Waals surface area contributed by atoms with Crippen molar-refractivity contribution in [2.24, 2.45) is 5.84 Å². The third kappa shape index (κ3) is 3.29. The molecule has 0 amide bonds. The summed E-state index contributed by atoms with van der Waals surface area (Å²) in [5, 5.41) is 10.8. The lowest BCUT2D eigenvalue weighted by atomic mass is 10.0. The fraction of sp³-hybridized carbons (Fsp3) is 0.455. The van der Waals surface area contributed by atoms with Gasteiger partial charge in [0.15, 0.2) is 0 Å². The van der Waals surface area contributed by atoms with Crippen molar-refractivity contribution in [3.8, 4) is 0 Å².